The number of hydrogen-bond acceptors (Lipinski definition) is 3. The van der Waals surface area contributed by atoms with Crippen molar-refractivity contribution >= 4 is 0 Å². The van der Waals surface area contributed by atoms with Gasteiger partial charge >= 0.3 is 0 Å². The maximum atomic E-state index is 6.14. The van der Waals surface area contributed by atoms with Gasteiger partial charge in [-0.3, -0.25) is 4.98 Å². The first-order valence-corrected chi connectivity index (χ1v) is 6.55. The molecule has 1 aromatic rings. The summed E-state index contributed by atoms with van der Waals surface area (Å²) in [6.45, 7) is 2.84. The molecule has 1 aromatic heterocycles. The highest BCUT2D eigenvalue weighted by Gasteiger charge is 2.22. The quantitative estimate of drug-likeness (QED) is 0.871. The topological polar surface area (TPSA) is 48.1 Å². The Labute approximate surface area is 103 Å². The lowest BCUT2D eigenvalue weighted by atomic mass is 9.88. The first kappa shape index (κ1) is 12.5. The second-order valence-corrected chi connectivity index (χ2v) is 5.03. The van der Waals surface area contributed by atoms with E-state index in [0.717, 1.165) is 11.5 Å². The molecule has 17 heavy (non-hydrogen) atoms. The van der Waals surface area contributed by atoms with Gasteiger partial charge < -0.3 is 10.5 Å². The molecule has 2 N–H and O–H groups in total. The van der Waals surface area contributed by atoms with Gasteiger partial charge in [0.15, 0.2) is 0 Å². The third kappa shape index (κ3) is 3.51. The minimum atomic E-state index is 0.0216. The van der Waals surface area contributed by atoms with Gasteiger partial charge in [-0.2, -0.15) is 0 Å². The number of rotatable bonds is 4. The van der Waals surface area contributed by atoms with Crippen molar-refractivity contribution in [1.82, 2.24) is 4.98 Å². The third-order valence-corrected chi connectivity index (χ3v) is 3.54. The Morgan fingerprint density at radius 2 is 2.18 bits per heavy atom. The molecule has 0 bridgehead atoms. The zero-order chi connectivity index (χ0) is 12.1. The summed E-state index contributed by atoms with van der Waals surface area (Å²) in [5, 5.41) is 0. The number of nitrogens with two attached hydrogens (primary N) is 1. The standard InChI is InChI=1S/C14H22N2O/c1-11-3-2-4-13(9-11)17-14(10-15)12-5-7-16-8-6-12/h5-8,11,13-14H,2-4,9-10,15H2,1H3. The fourth-order valence-corrected chi connectivity index (χ4v) is 2.58. The lowest BCUT2D eigenvalue weighted by Gasteiger charge is -2.30. The van der Waals surface area contributed by atoms with Crippen LogP contribution in [0.15, 0.2) is 24.5 Å². The van der Waals surface area contributed by atoms with Gasteiger partial charge in [-0.25, -0.2) is 0 Å². The Kier molecular flexibility index (Phi) is 4.51. The van der Waals surface area contributed by atoms with E-state index in [9.17, 15) is 0 Å². The molecule has 1 fully saturated rings. The SMILES string of the molecule is CC1CCCC(OC(CN)c2ccncc2)C1. The molecule has 0 saturated heterocycles. The van der Waals surface area contributed by atoms with E-state index in [1.807, 2.05) is 12.1 Å². The Bertz CT molecular complexity index is 328. The van der Waals surface area contributed by atoms with Gasteiger partial charge in [0.05, 0.1) is 12.2 Å². The highest BCUT2D eigenvalue weighted by atomic mass is 16.5. The monoisotopic (exact) mass is 234 g/mol. The molecule has 2 rings (SSSR count). The molecule has 3 atom stereocenters. The molecule has 3 nitrogen and oxygen atoms in total. The van der Waals surface area contributed by atoms with Gasteiger partial charge in [0.25, 0.3) is 0 Å². The summed E-state index contributed by atoms with van der Waals surface area (Å²) >= 11 is 0. The molecule has 3 heteroatoms. The van der Waals surface area contributed by atoms with Crippen LogP contribution in [0.1, 0.15) is 44.3 Å². The van der Waals surface area contributed by atoms with Crippen LogP contribution >= 0.6 is 0 Å². The van der Waals surface area contributed by atoms with Crippen LogP contribution in [0.5, 0.6) is 0 Å². The Hall–Kier alpha value is -0.930. The lowest BCUT2D eigenvalue weighted by Crippen LogP contribution is -2.26. The van der Waals surface area contributed by atoms with Crippen molar-refractivity contribution < 1.29 is 4.74 Å². The van der Waals surface area contributed by atoms with Gasteiger partial charge in [0.2, 0.25) is 0 Å². The Morgan fingerprint density at radius 3 is 2.82 bits per heavy atom. The number of ether oxygens (including phenoxy) is 1. The van der Waals surface area contributed by atoms with Crippen molar-refractivity contribution in [3.63, 3.8) is 0 Å². The summed E-state index contributed by atoms with van der Waals surface area (Å²) < 4.78 is 6.14. The summed E-state index contributed by atoms with van der Waals surface area (Å²) in [4.78, 5) is 4.02. The minimum Gasteiger partial charge on any atom is -0.369 e. The highest BCUT2D eigenvalue weighted by molar-refractivity contribution is 5.13. The highest BCUT2D eigenvalue weighted by Crippen LogP contribution is 2.29. The van der Waals surface area contributed by atoms with Crippen LogP contribution in [0, 0.1) is 5.92 Å². The van der Waals surface area contributed by atoms with Crippen LogP contribution in [-0.4, -0.2) is 17.6 Å². The van der Waals surface area contributed by atoms with Crippen molar-refractivity contribution in [2.45, 2.75) is 44.8 Å². The fraction of sp³-hybridized carbons (Fsp3) is 0.643. The molecule has 1 saturated carbocycles. The van der Waals surface area contributed by atoms with Gasteiger partial charge in [-0.1, -0.05) is 19.8 Å². The molecule has 0 spiro atoms. The predicted octanol–water partition coefficient (Wildman–Crippen LogP) is 2.68. The summed E-state index contributed by atoms with van der Waals surface area (Å²) in [7, 11) is 0. The lowest BCUT2D eigenvalue weighted by molar-refractivity contribution is -0.0361. The normalized spacial score (nSPS) is 26.7. The first-order chi connectivity index (χ1) is 8.29. The van der Waals surface area contributed by atoms with Crippen LogP contribution in [0.4, 0.5) is 0 Å². The molecular formula is C14H22N2O. The molecule has 0 aliphatic heterocycles. The Balaban J connectivity index is 1.95. The van der Waals surface area contributed by atoms with Crippen LogP contribution in [0.2, 0.25) is 0 Å². The van der Waals surface area contributed by atoms with E-state index in [1.54, 1.807) is 12.4 Å². The summed E-state index contributed by atoms with van der Waals surface area (Å²) in [6.07, 6.45) is 8.94. The summed E-state index contributed by atoms with van der Waals surface area (Å²) in [5.74, 6) is 0.782. The maximum absolute atomic E-state index is 6.14. The van der Waals surface area contributed by atoms with E-state index in [2.05, 4.69) is 11.9 Å². The molecule has 94 valence electrons. The number of hydrogen-bond donors (Lipinski definition) is 1. The molecule has 1 heterocycles. The largest absolute Gasteiger partial charge is 0.369 e. The van der Waals surface area contributed by atoms with Crippen LogP contribution in [-0.2, 0) is 4.74 Å². The molecule has 0 amide bonds. The van der Waals surface area contributed by atoms with Crippen molar-refractivity contribution in [3.8, 4) is 0 Å². The van der Waals surface area contributed by atoms with E-state index < -0.39 is 0 Å². The summed E-state index contributed by atoms with van der Waals surface area (Å²) in [5.41, 5.74) is 6.95. The van der Waals surface area contributed by atoms with Crippen molar-refractivity contribution in [3.05, 3.63) is 30.1 Å². The molecule has 0 radical (unpaired) electrons. The molecule has 3 unspecified atom stereocenters. The van der Waals surface area contributed by atoms with Gasteiger partial charge in [0, 0.05) is 18.9 Å². The van der Waals surface area contributed by atoms with E-state index in [4.69, 9.17) is 10.5 Å². The number of nitrogens with zero attached hydrogens (tertiary/aromatic N) is 1. The molecule has 1 aliphatic rings. The zero-order valence-corrected chi connectivity index (χ0v) is 10.5. The Morgan fingerprint density at radius 1 is 1.41 bits per heavy atom. The van der Waals surface area contributed by atoms with Crippen LogP contribution in [0.3, 0.4) is 0 Å². The molecular weight excluding hydrogens is 212 g/mol. The van der Waals surface area contributed by atoms with E-state index in [1.165, 1.54) is 25.7 Å². The van der Waals surface area contributed by atoms with Crippen molar-refractivity contribution in [1.29, 1.82) is 0 Å². The van der Waals surface area contributed by atoms with E-state index in [-0.39, 0.29) is 6.10 Å². The maximum Gasteiger partial charge on any atom is 0.0951 e. The van der Waals surface area contributed by atoms with Crippen LogP contribution < -0.4 is 5.73 Å². The predicted molar refractivity (Wildman–Crippen MR) is 68.5 cm³/mol. The van der Waals surface area contributed by atoms with Crippen molar-refractivity contribution in [2.75, 3.05) is 6.54 Å². The zero-order valence-electron chi connectivity index (χ0n) is 10.5. The summed E-state index contributed by atoms with van der Waals surface area (Å²) in [6, 6.07) is 3.98. The van der Waals surface area contributed by atoms with Gasteiger partial charge in [-0.05, 0) is 36.5 Å². The van der Waals surface area contributed by atoms with Crippen LogP contribution in [0.25, 0.3) is 0 Å². The van der Waals surface area contributed by atoms with Gasteiger partial charge in [-0.15, -0.1) is 0 Å². The third-order valence-electron chi connectivity index (χ3n) is 3.54. The second kappa shape index (κ2) is 6.12. The first-order valence-electron chi connectivity index (χ1n) is 6.55. The average Bonchev–Trinajstić information content (AvgIpc) is 2.37. The van der Waals surface area contributed by atoms with Crippen molar-refractivity contribution in [2.24, 2.45) is 11.7 Å². The average molecular weight is 234 g/mol. The second-order valence-electron chi connectivity index (χ2n) is 5.03. The number of pyridine rings is 1. The van der Waals surface area contributed by atoms with E-state index in [0.29, 0.717) is 12.6 Å². The fourth-order valence-electron chi connectivity index (χ4n) is 2.58. The molecule has 0 aromatic carbocycles. The smallest absolute Gasteiger partial charge is 0.0951 e. The number of aromatic nitrogens is 1. The van der Waals surface area contributed by atoms with Gasteiger partial charge in [0.1, 0.15) is 0 Å². The van der Waals surface area contributed by atoms with E-state index >= 15 is 0 Å². The minimum absolute atomic E-state index is 0.0216. The molecule has 1 aliphatic carbocycles.